The number of carbonyl (C=O) groups excluding carboxylic acids is 1. The molecule has 0 N–H and O–H groups in total. The minimum absolute atomic E-state index is 1.83. The zero-order valence-corrected chi connectivity index (χ0v) is 10.3. The van der Waals surface area contributed by atoms with Gasteiger partial charge in [0.1, 0.15) is 0 Å². The van der Waals surface area contributed by atoms with E-state index in [0.717, 1.165) is 0 Å². The third-order valence-corrected chi connectivity index (χ3v) is 3.12. The lowest BCUT2D eigenvalue weighted by Gasteiger charge is -2.37. The van der Waals surface area contributed by atoms with Gasteiger partial charge in [0.25, 0.3) is 5.13 Å². The molecular formula is C6HCl3F8O2. The molecule has 0 aromatic heterocycles. The highest BCUT2D eigenvalue weighted by Gasteiger charge is 2.82. The Hall–Kier alpha value is -0.220. The Kier molecular flexibility index (Phi) is 5.22. The SMILES string of the molecule is O=C(OF)C(F)(F)C(F)(Cl)C(F)(F)C(F)(Cl)C(F)Cl. The normalized spacial score (nSPS) is 21.2. The zero-order valence-electron chi connectivity index (χ0n) is 8.05. The molecule has 0 aliphatic carbocycles. The quantitative estimate of drug-likeness (QED) is 0.545. The van der Waals surface area contributed by atoms with Crippen molar-refractivity contribution >= 4 is 40.8 Å². The second-order valence-electron chi connectivity index (χ2n) is 3.01. The summed E-state index contributed by atoms with van der Waals surface area (Å²) in [4.78, 5) is 12.0. The summed E-state index contributed by atoms with van der Waals surface area (Å²) in [5.41, 5.74) is -3.89. The molecule has 0 aromatic rings. The van der Waals surface area contributed by atoms with Crippen molar-refractivity contribution in [3.63, 3.8) is 0 Å². The van der Waals surface area contributed by atoms with Gasteiger partial charge < -0.3 is 0 Å². The van der Waals surface area contributed by atoms with Gasteiger partial charge in [-0.15, -0.1) is 0 Å². The number of halogens is 11. The number of alkyl halides is 10. The highest BCUT2D eigenvalue weighted by atomic mass is 35.5. The van der Waals surface area contributed by atoms with Gasteiger partial charge in [-0.1, -0.05) is 34.8 Å². The first-order valence-corrected chi connectivity index (χ1v) is 4.99. The second kappa shape index (κ2) is 5.28. The van der Waals surface area contributed by atoms with Crippen LogP contribution in [0.1, 0.15) is 0 Å². The van der Waals surface area contributed by atoms with Crippen LogP contribution in [0.25, 0.3) is 0 Å². The molecule has 0 fully saturated rings. The largest absolute Gasteiger partial charge is 0.422 e. The van der Waals surface area contributed by atoms with Crippen molar-refractivity contribution in [1.29, 1.82) is 0 Å². The molecule has 0 aliphatic heterocycles. The van der Waals surface area contributed by atoms with Crippen molar-refractivity contribution in [3.05, 3.63) is 0 Å². The first kappa shape index (κ1) is 18.8. The lowest BCUT2D eigenvalue weighted by molar-refractivity contribution is -0.264. The summed E-state index contributed by atoms with van der Waals surface area (Å²) in [6.07, 6.45) is 0. The molecule has 19 heavy (non-hydrogen) atoms. The Balaban J connectivity index is 5.83. The monoisotopic (exact) mass is 362 g/mol. The molecule has 0 amide bonds. The van der Waals surface area contributed by atoms with Gasteiger partial charge in [-0.05, 0) is 0 Å². The molecule has 0 bridgehead atoms. The van der Waals surface area contributed by atoms with Crippen LogP contribution in [0.15, 0.2) is 0 Å². The molecule has 0 aromatic carbocycles. The molecule has 114 valence electrons. The fourth-order valence-electron chi connectivity index (χ4n) is 0.720. The maximum atomic E-state index is 13.2. The van der Waals surface area contributed by atoms with Gasteiger partial charge in [0.15, 0.2) is 0 Å². The molecular weight excluding hydrogens is 362 g/mol. The van der Waals surface area contributed by atoms with Crippen LogP contribution in [0.2, 0.25) is 0 Å². The third-order valence-electron chi connectivity index (χ3n) is 1.81. The lowest BCUT2D eigenvalue weighted by Crippen LogP contribution is -2.65. The van der Waals surface area contributed by atoms with Crippen LogP contribution in [0.5, 0.6) is 0 Å². The van der Waals surface area contributed by atoms with E-state index in [1.165, 1.54) is 0 Å². The summed E-state index contributed by atoms with van der Waals surface area (Å²) in [5.74, 6) is -15.9. The Labute approximate surface area is 114 Å². The van der Waals surface area contributed by atoms with E-state index in [4.69, 9.17) is 0 Å². The van der Waals surface area contributed by atoms with Gasteiger partial charge in [0.2, 0.25) is 5.63 Å². The van der Waals surface area contributed by atoms with Crippen LogP contribution in [0, 0.1) is 0 Å². The smallest absolute Gasteiger partial charge is 0.248 e. The fourth-order valence-corrected chi connectivity index (χ4v) is 1.25. The van der Waals surface area contributed by atoms with E-state index in [2.05, 4.69) is 34.8 Å². The van der Waals surface area contributed by atoms with E-state index in [-0.39, 0.29) is 0 Å². The first-order valence-electron chi connectivity index (χ1n) is 3.80. The standard InChI is InChI=1S/C6HCl3F8O2/c7-1(10)3(8,11)6(15,16)5(9,14)4(12,13)2(18)19-17/h1H. The molecule has 3 atom stereocenters. The van der Waals surface area contributed by atoms with Gasteiger partial charge in [0.05, 0.1) is 0 Å². The topological polar surface area (TPSA) is 26.3 Å². The summed E-state index contributed by atoms with van der Waals surface area (Å²) < 4.78 is 101. The molecule has 0 heterocycles. The number of hydrogen-bond donors (Lipinski definition) is 0. The van der Waals surface area contributed by atoms with Crippen LogP contribution in [-0.4, -0.2) is 33.7 Å². The molecule has 13 heteroatoms. The number of rotatable bonds is 5. The van der Waals surface area contributed by atoms with Crippen LogP contribution >= 0.6 is 34.8 Å². The van der Waals surface area contributed by atoms with Crippen molar-refractivity contribution in [2.24, 2.45) is 0 Å². The summed E-state index contributed by atoms with van der Waals surface area (Å²) in [6.45, 7) is 0. The Bertz CT molecular complexity index is 358. The summed E-state index contributed by atoms with van der Waals surface area (Å²) in [6, 6.07) is 0. The maximum absolute atomic E-state index is 13.2. The molecule has 0 saturated carbocycles. The van der Waals surface area contributed by atoms with Crippen molar-refractivity contribution in [1.82, 2.24) is 0 Å². The van der Waals surface area contributed by atoms with Crippen LogP contribution in [-0.2, 0) is 9.74 Å². The summed E-state index contributed by atoms with van der Waals surface area (Å²) in [7, 11) is 0. The van der Waals surface area contributed by atoms with Gasteiger partial charge in [-0.2, -0.15) is 17.6 Å². The molecule has 0 aliphatic rings. The van der Waals surface area contributed by atoms with E-state index in [1.54, 1.807) is 0 Å². The fraction of sp³-hybridized carbons (Fsp3) is 0.833. The Morgan fingerprint density at radius 2 is 1.42 bits per heavy atom. The first-order chi connectivity index (χ1) is 8.17. The highest BCUT2D eigenvalue weighted by Crippen LogP contribution is 2.57. The van der Waals surface area contributed by atoms with Gasteiger partial charge in [-0.3, -0.25) is 0 Å². The third kappa shape index (κ3) is 2.66. The molecule has 0 rings (SSSR count). The van der Waals surface area contributed by atoms with Crippen LogP contribution in [0.4, 0.5) is 35.3 Å². The van der Waals surface area contributed by atoms with E-state index in [0.29, 0.717) is 0 Å². The summed E-state index contributed by atoms with van der Waals surface area (Å²) in [5, 5.41) is -11.2. The van der Waals surface area contributed by atoms with Crippen molar-refractivity contribution in [2.45, 2.75) is 27.7 Å². The van der Waals surface area contributed by atoms with Crippen molar-refractivity contribution in [2.75, 3.05) is 0 Å². The van der Waals surface area contributed by atoms with Gasteiger partial charge in [0, 0.05) is 4.53 Å². The predicted molar refractivity (Wildman–Crippen MR) is 47.2 cm³/mol. The van der Waals surface area contributed by atoms with Crippen LogP contribution in [0.3, 0.4) is 0 Å². The Morgan fingerprint density at radius 1 is 1.05 bits per heavy atom. The van der Waals surface area contributed by atoms with E-state index in [9.17, 15) is 40.1 Å². The number of carbonyl (C=O) groups is 1. The molecule has 0 radical (unpaired) electrons. The highest BCUT2D eigenvalue weighted by molar-refractivity contribution is 6.33. The second-order valence-corrected chi connectivity index (χ2v) is 4.47. The minimum atomic E-state index is -6.25. The van der Waals surface area contributed by atoms with E-state index >= 15 is 0 Å². The molecule has 2 nitrogen and oxygen atoms in total. The average Bonchev–Trinajstić information content (AvgIpc) is 2.26. The summed E-state index contributed by atoms with van der Waals surface area (Å²) >= 11 is 12.4. The lowest BCUT2D eigenvalue weighted by atomic mass is 10.0. The molecule has 0 spiro atoms. The van der Waals surface area contributed by atoms with E-state index < -0.39 is 33.7 Å². The zero-order chi connectivity index (χ0) is 15.9. The van der Waals surface area contributed by atoms with Crippen molar-refractivity contribution < 1.29 is 45.0 Å². The van der Waals surface area contributed by atoms with E-state index in [1.807, 2.05) is 4.94 Å². The average molecular weight is 363 g/mol. The molecule has 3 unspecified atom stereocenters. The van der Waals surface area contributed by atoms with Crippen molar-refractivity contribution in [3.8, 4) is 0 Å². The maximum Gasteiger partial charge on any atom is 0.422 e. The van der Waals surface area contributed by atoms with Gasteiger partial charge >= 0.3 is 22.9 Å². The van der Waals surface area contributed by atoms with Gasteiger partial charge in [-0.25, -0.2) is 22.9 Å². The Morgan fingerprint density at radius 3 is 1.68 bits per heavy atom. The number of hydrogen-bond acceptors (Lipinski definition) is 2. The molecule has 0 saturated heterocycles. The van der Waals surface area contributed by atoms with Crippen LogP contribution < -0.4 is 0 Å². The predicted octanol–water partition coefficient (Wildman–Crippen LogP) is 4.03. The minimum Gasteiger partial charge on any atom is -0.248 e.